The fourth-order valence-corrected chi connectivity index (χ4v) is 3.74. The third-order valence-electron chi connectivity index (χ3n) is 5.27. The van der Waals surface area contributed by atoms with Crippen molar-refractivity contribution in [1.82, 2.24) is 10.1 Å². The highest BCUT2D eigenvalue weighted by atomic mass is 16.5. The van der Waals surface area contributed by atoms with Gasteiger partial charge in [-0.15, -0.1) is 0 Å². The fraction of sp³-hybridized carbons (Fsp3) is 0.192. The molecule has 2 aromatic heterocycles. The SMILES string of the molecule is Cc1cccc(CCC(=O)Nc2onc(-c3ccc(C)cc3C)c2-c2ccncc2)c1. The minimum Gasteiger partial charge on any atom is -0.337 e. The van der Waals surface area contributed by atoms with Gasteiger partial charge in [0.1, 0.15) is 5.69 Å². The van der Waals surface area contributed by atoms with Gasteiger partial charge in [0.15, 0.2) is 0 Å². The third kappa shape index (κ3) is 4.72. The molecule has 0 saturated carbocycles. The van der Waals surface area contributed by atoms with Gasteiger partial charge in [-0.25, -0.2) is 0 Å². The van der Waals surface area contributed by atoms with Gasteiger partial charge in [-0.2, -0.15) is 0 Å². The predicted octanol–water partition coefficient (Wildman–Crippen LogP) is 5.90. The summed E-state index contributed by atoms with van der Waals surface area (Å²) in [6, 6.07) is 18.2. The topological polar surface area (TPSA) is 68.0 Å². The van der Waals surface area contributed by atoms with Gasteiger partial charge >= 0.3 is 0 Å². The van der Waals surface area contributed by atoms with Crippen molar-refractivity contribution in [3.63, 3.8) is 0 Å². The predicted molar refractivity (Wildman–Crippen MR) is 123 cm³/mol. The highest BCUT2D eigenvalue weighted by molar-refractivity contribution is 5.97. The van der Waals surface area contributed by atoms with Crippen molar-refractivity contribution < 1.29 is 9.32 Å². The number of benzene rings is 2. The van der Waals surface area contributed by atoms with Crippen LogP contribution in [0.15, 0.2) is 71.5 Å². The summed E-state index contributed by atoms with van der Waals surface area (Å²) >= 11 is 0. The van der Waals surface area contributed by atoms with Crippen molar-refractivity contribution in [2.24, 2.45) is 0 Å². The molecular weight excluding hydrogens is 386 g/mol. The summed E-state index contributed by atoms with van der Waals surface area (Å²) < 4.78 is 5.63. The summed E-state index contributed by atoms with van der Waals surface area (Å²) in [5, 5.41) is 7.25. The summed E-state index contributed by atoms with van der Waals surface area (Å²) in [7, 11) is 0. The maximum absolute atomic E-state index is 12.7. The molecule has 1 N–H and O–H groups in total. The molecule has 0 fully saturated rings. The Morgan fingerprint density at radius 1 is 0.968 bits per heavy atom. The van der Waals surface area contributed by atoms with Gasteiger partial charge in [0.2, 0.25) is 11.8 Å². The van der Waals surface area contributed by atoms with Crippen molar-refractivity contribution in [1.29, 1.82) is 0 Å². The molecule has 0 bridgehead atoms. The zero-order chi connectivity index (χ0) is 21.8. The van der Waals surface area contributed by atoms with Crippen molar-refractivity contribution in [3.05, 3.63) is 89.2 Å². The van der Waals surface area contributed by atoms with Gasteiger partial charge in [-0.3, -0.25) is 15.1 Å². The molecule has 0 saturated heterocycles. The second-order valence-electron chi connectivity index (χ2n) is 7.83. The summed E-state index contributed by atoms with van der Waals surface area (Å²) in [5.74, 6) is 0.246. The second-order valence-corrected chi connectivity index (χ2v) is 7.83. The molecule has 2 heterocycles. The van der Waals surface area contributed by atoms with Gasteiger partial charge in [-0.05, 0) is 56.0 Å². The number of nitrogens with zero attached hydrogens (tertiary/aromatic N) is 2. The number of nitrogens with one attached hydrogen (secondary N) is 1. The second kappa shape index (κ2) is 8.96. The van der Waals surface area contributed by atoms with E-state index < -0.39 is 0 Å². The molecule has 4 rings (SSSR count). The smallest absolute Gasteiger partial charge is 0.239 e. The molecule has 31 heavy (non-hydrogen) atoms. The first kappa shape index (κ1) is 20.5. The van der Waals surface area contributed by atoms with Crippen LogP contribution >= 0.6 is 0 Å². The van der Waals surface area contributed by atoms with E-state index in [1.165, 1.54) is 11.1 Å². The zero-order valence-electron chi connectivity index (χ0n) is 18.0. The largest absolute Gasteiger partial charge is 0.337 e. The molecule has 1 amide bonds. The summed E-state index contributed by atoms with van der Waals surface area (Å²) in [4.78, 5) is 16.8. The molecule has 0 aliphatic carbocycles. The Morgan fingerprint density at radius 3 is 2.48 bits per heavy atom. The van der Waals surface area contributed by atoms with Crippen molar-refractivity contribution in [3.8, 4) is 22.4 Å². The molecule has 5 nitrogen and oxygen atoms in total. The van der Waals surface area contributed by atoms with Gasteiger partial charge < -0.3 is 4.52 Å². The first-order valence-electron chi connectivity index (χ1n) is 10.3. The van der Waals surface area contributed by atoms with E-state index in [4.69, 9.17) is 4.52 Å². The number of hydrogen-bond acceptors (Lipinski definition) is 4. The van der Waals surface area contributed by atoms with E-state index in [2.05, 4.69) is 34.5 Å². The van der Waals surface area contributed by atoms with Crippen molar-refractivity contribution >= 4 is 11.8 Å². The van der Waals surface area contributed by atoms with E-state index >= 15 is 0 Å². The lowest BCUT2D eigenvalue weighted by atomic mass is 9.97. The number of aryl methyl sites for hydroxylation is 4. The van der Waals surface area contributed by atoms with Gasteiger partial charge in [-0.1, -0.05) is 58.7 Å². The number of amides is 1. The van der Waals surface area contributed by atoms with Crippen LogP contribution in [-0.4, -0.2) is 16.0 Å². The normalized spacial score (nSPS) is 10.8. The Labute approximate surface area is 182 Å². The molecule has 156 valence electrons. The van der Waals surface area contributed by atoms with E-state index in [9.17, 15) is 4.79 Å². The van der Waals surface area contributed by atoms with Crippen LogP contribution in [0.25, 0.3) is 22.4 Å². The van der Waals surface area contributed by atoms with Crippen LogP contribution in [-0.2, 0) is 11.2 Å². The molecule has 4 aromatic rings. The molecule has 0 aliphatic rings. The van der Waals surface area contributed by atoms with E-state index in [0.717, 1.165) is 27.8 Å². The number of carbonyl (C=O) groups is 1. The Bertz CT molecular complexity index is 1210. The van der Waals surface area contributed by atoms with E-state index in [1.54, 1.807) is 12.4 Å². The number of aromatic nitrogens is 2. The van der Waals surface area contributed by atoms with Crippen LogP contribution in [0.3, 0.4) is 0 Å². The minimum absolute atomic E-state index is 0.111. The molecule has 0 spiro atoms. The Hall–Kier alpha value is -3.73. The molecular formula is C26H25N3O2. The van der Waals surface area contributed by atoms with Crippen LogP contribution in [0.2, 0.25) is 0 Å². The van der Waals surface area contributed by atoms with Gasteiger partial charge in [0.25, 0.3) is 0 Å². The maximum atomic E-state index is 12.7. The monoisotopic (exact) mass is 411 g/mol. The number of carbonyl (C=O) groups excluding carboxylic acids is 1. The van der Waals surface area contributed by atoms with Crippen LogP contribution in [0, 0.1) is 20.8 Å². The number of anilines is 1. The molecule has 0 radical (unpaired) electrons. The number of rotatable bonds is 6. The highest BCUT2D eigenvalue weighted by Crippen LogP contribution is 2.39. The molecule has 0 aliphatic heterocycles. The number of pyridine rings is 1. The quantitative estimate of drug-likeness (QED) is 0.429. The fourth-order valence-electron chi connectivity index (χ4n) is 3.74. The van der Waals surface area contributed by atoms with Gasteiger partial charge in [0, 0.05) is 24.4 Å². The molecule has 0 atom stereocenters. The summed E-state index contributed by atoms with van der Waals surface area (Å²) in [5.41, 5.74) is 7.93. The zero-order valence-corrected chi connectivity index (χ0v) is 18.0. The van der Waals surface area contributed by atoms with Crippen molar-refractivity contribution in [2.75, 3.05) is 5.32 Å². The summed E-state index contributed by atoms with van der Waals surface area (Å²) in [6.07, 6.45) is 4.46. The van der Waals surface area contributed by atoms with Crippen LogP contribution in [0.4, 0.5) is 5.88 Å². The standard InChI is InChI=1S/C26H25N3O2/c1-17-5-4-6-20(16-17)8-10-23(30)28-26-24(21-11-13-27-14-12-21)25(29-31-26)22-9-7-18(2)15-19(22)3/h4-7,9,11-16H,8,10H2,1-3H3,(H,28,30). The Balaban J connectivity index is 1.63. The van der Waals surface area contributed by atoms with Crippen LogP contribution in [0.5, 0.6) is 0 Å². The van der Waals surface area contributed by atoms with Crippen LogP contribution in [0.1, 0.15) is 28.7 Å². The number of hydrogen-bond donors (Lipinski definition) is 1. The average Bonchev–Trinajstić information content (AvgIpc) is 3.16. The van der Waals surface area contributed by atoms with Gasteiger partial charge in [0.05, 0.1) is 5.56 Å². The molecule has 5 heteroatoms. The molecule has 0 unspecified atom stereocenters. The van der Waals surface area contributed by atoms with Crippen molar-refractivity contribution in [2.45, 2.75) is 33.6 Å². The Morgan fingerprint density at radius 2 is 1.74 bits per heavy atom. The Kier molecular flexibility index (Phi) is 5.94. The minimum atomic E-state index is -0.111. The first-order chi connectivity index (χ1) is 15.0. The summed E-state index contributed by atoms with van der Waals surface area (Å²) in [6.45, 7) is 6.16. The molecule has 2 aromatic carbocycles. The van der Waals surface area contributed by atoms with E-state index in [1.807, 2.05) is 56.3 Å². The first-order valence-corrected chi connectivity index (χ1v) is 10.3. The third-order valence-corrected chi connectivity index (χ3v) is 5.27. The highest BCUT2D eigenvalue weighted by Gasteiger charge is 2.22. The lowest BCUT2D eigenvalue weighted by Crippen LogP contribution is -2.12. The lowest BCUT2D eigenvalue weighted by molar-refractivity contribution is -0.116. The lowest BCUT2D eigenvalue weighted by Gasteiger charge is -2.08. The average molecular weight is 412 g/mol. The van der Waals surface area contributed by atoms with E-state index in [-0.39, 0.29) is 5.91 Å². The van der Waals surface area contributed by atoms with Crippen LogP contribution < -0.4 is 5.32 Å². The maximum Gasteiger partial charge on any atom is 0.239 e. The van der Waals surface area contributed by atoms with E-state index in [0.29, 0.717) is 24.4 Å².